The summed E-state index contributed by atoms with van der Waals surface area (Å²) in [5, 5.41) is 0. The van der Waals surface area contributed by atoms with Gasteiger partial charge in [-0.15, -0.1) is 0 Å². The van der Waals surface area contributed by atoms with Crippen LogP contribution in [0.1, 0.15) is 41.5 Å². The number of hydrogen-bond acceptors (Lipinski definition) is 1. The highest BCUT2D eigenvalue weighted by Gasteiger charge is 2.13. The molecule has 0 heterocycles. The second-order valence-corrected chi connectivity index (χ2v) is 4.07. The van der Waals surface area contributed by atoms with Crippen LogP contribution in [0.5, 0.6) is 0 Å². The van der Waals surface area contributed by atoms with E-state index in [1.54, 1.807) is 0 Å². The maximum absolute atomic E-state index is 2.50. The van der Waals surface area contributed by atoms with Crippen LogP contribution < -0.4 is 0 Å². The van der Waals surface area contributed by atoms with Crippen LogP contribution in [0.3, 0.4) is 0 Å². The molecular formula is C10H22N. The van der Waals surface area contributed by atoms with E-state index in [4.69, 9.17) is 0 Å². The summed E-state index contributed by atoms with van der Waals surface area (Å²) in [7, 11) is 0. The molecule has 0 N–H and O–H groups in total. The van der Waals surface area contributed by atoms with Crippen molar-refractivity contribution in [3.63, 3.8) is 0 Å². The van der Waals surface area contributed by atoms with Crippen molar-refractivity contribution in [3.8, 4) is 0 Å². The maximum Gasteiger partial charge on any atom is 0.00437 e. The fourth-order valence-electron chi connectivity index (χ4n) is 1.33. The standard InChI is InChI=1S/C10H22N/c1-8(2)7-11(9(3)4)10(5)6/h9-10H,7H2,1-6H3. The molecule has 0 unspecified atom stereocenters. The molecule has 0 aromatic carbocycles. The average Bonchev–Trinajstić information content (AvgIpc) is 1.81. The molecule has 0 aliphatic carbocycles. The van der Waals surface area contributed by atoms with Gasteiger partial charge >= 0.3 is 0 Å². The summed E-state index contributed by atoms with van der Waals surface area (Å²) in [6.07, 6.45) is 0. The van der Waals surface area contributed by atoms with Gasteiger partial charge in [-0.05, 0) is 33.6 Å². The number of hydrogen-bond donors (Lipinski definition) is 0. The molecule has 0 atom stereocenters. The zero-order valence-corrected chi connectivity index (χ0v) is 8.81. The van der Waals surface area contributed by atoms with Crippen LogP contribution >= 0.6 is 0 Å². The van der Waals surface area contributed by atoms with E-state index in [2.05, 4.69) is 46.4 Å². The highest BCUT2D eigenvalue weighted by molar-refractivity contribution is 4.84. The average molecular weight is 156 g/mol. The van der Waals surface area contributed by atoms with Crippen LogP contribution in [-0.4, -0.2) is 23.5 Å². The summed E-state index contributed by atoms with van der Waals surface area (Å²) < 4.78 is 0. The first-order valence-electron chi connectivity index (χ1n) is 4.50. The molecule has 0 fully saturated rings. The second-order valence-electron chi connectivity index (χ2n) is 4.07. The normalized spacial score (nSPS) is 12.5. The monoisotopic (exact) mass is 156 g/mol. The third-order valence-electron chi connectivity index (χ3n) is 1.83. The van der Waals surface area contributed by atoms with Crippen LogP contribution in [-0.2, 0) is 0 Å². The first kappa shape index (κ1) is 11.0. The second kappa shape index (κ2) is 4.76. The van der Waals surface area contributed by atoms with Crippen LogP contribution in [0, 0.1) is 5.92 Å². The number of nitrogens with zero attached hydrogens (tertiary/aromatic N) is 1. The Hall–Kier alpha value is -0.0400. The summed E-state index contributed by atoms with van der Waals surface area (Å²) in [5.74, 6) is 1.49. The lowest BCUT2D eigenvalue weighted by Crippen LogP contribution is -2.39. The van der Waals surface area contributed by atoms with Crippen LogP contribution in [0.25, 0.3) is 0 Å². The lowest BCUT2D eigenvalue weighted by molar-refractivity contribution is 0.183. The molecule has 0 saturated carbocycles. The minimum Gasteiger partial charge on any atom is -0.298 e. The third kappa shape index (κ3) is 4.41. The maximum atomic E-state index is 2.50. The van der Waals surface area contributed by atoms with Crippen LogP contribution in [0.15, 0.2) is 0 Å². The molecule has 0 aromatic heterocycles. The lowest BCUT2D eigenvalue weighted by atomic mass is 10.1. The van der Waals surface area contributed by atoms with Crippen molar-refractivity contribution in [3.05, 3.63) is 5.92 Å². The largest absolute Gasteiger partial charge is 0.298 e. The smallest absolute Gasteiger partial charge is 0.00437 e. The van der Waals surface area contributed by atoms with Gasteiger partial charge in [0.25, 0.3) is 0 Å². The van der Waals surface area contributed by atoms with Crippen molar-refractivity contribution in [1.82, 2.24) is 4.90 Å². The Bertz CT molecular complexity index is 87.0. The molecule has 0 amide bonds. The van der Waals surface area contributed by atoms with Crippen molar-refractivity contribution in [2.75, 3.05) is 6.54 Å². The molecular weight excluding hydrogens is 134 g/mol. The van der Waals surface area contributed by atoms with Gasteiger partial charge in [0.2, 0.25) is 0 Å². The van der Waals surface area contributed by atoms with Crippen molar-refractivity contribution in [2.24, 2.45) is 0 Å². The number of rotatable bonds is 4. The molecule has 0 bridgehead atoms. The quantitative estimate of drug-likeness (QED) is 0.605. The van der Waals surface area contributed by atoms with E-state index >= 15 is 0 Å². The Kier molecular flexibility index (Phi) is 4.74. The zero-order chi connectivity index (χ0) is 9.02. The van der Waals surface area contributed by atoms with Crippen molar-refractivity contribution < 1.29 is 0 Å². The van der Waals surface area contributed by atoms with E-state index in [0.717, 1.165) is 6.54 Å². The van der Waals surface area contributed by atoms with E-state index in [-0.39, 0.29) is 0 Å². The van der Waals surface area contributed by atoms with Crippen LogP contribution in [0.2, 0.25) is 0 Å². The molecule has 67 valence electrons. The van der Waals surface area contributed by atoms with Gasteiger partial charge in [0.05, 0.1) is 0 Å². The van der Waals surface area contributed by atoms with Gasteiger partial charge in [-0.1, -0.05) is 13.8 Å². The van der Waals surface area contributed by atoms with Gasteiger partial charge < -0.3 is 0 Å². The fourth-order valence-corrected chi connectivity index (χ4v) is 1.33. The topological polar surface area (TPSA) is 3.24 Å². The van der Waals surface area contributed by atoms with E-state index in [0.29, 0.717) is 12.1 Å². The first-order chi connectivity index (χ1) is 4.95. The molecule has 11 heavy (non-hydrogen) atoms. The minimum absolute atomic E-state index is 0.657. The SMILES string of the molecule is C[C](C)CN(C(C)C)C(C)C. The van der Waals surface area contributed by atoms with Crippen LogP contribution in [0.4, 0.5) is 0 Å². The minimum atomic E-state index is 0.657. The summed E-state index contributed by atoms with van der Waals surface area (Å²) >= 11 is 0. The Morgan fingerprint density at radius 3 is 1.45 bits per heavy atom. The third-order valence-corrected chi connectivity index (χ3v) is 1.83. The summed E-state index contributed by atoms with van der Waals surface area (Å²) in [5.41, 5.74) is 0. The van der Waals surface area contributed by atoms with Gasteiger partial charge in [0.1, 0.15) is 0 Å². The summed E-state index contributed by atoms with van der Waals surface area (Å²) in [6.45, 7) is 14.5. The molecule has 1 heteroatoms. The zero-order valence-electron chi connectivity index (χ0n) is 8.81. The fraction of sp³-hybridized carbons (Fsp3) is 0.900. The lowest BCUT2D eigenvalue weighted by Gasteiger charge is -2.31. The van der Waals surface area contributed by atoms with E-state index in [1.165, 1.54) is 5.92 Å². The van der Waals surface area contributed by atoms with Crippen molar-refractivity contribution in [1.29, 1.82) is 0 Å². The van der Waals surface area contributed by atoms with Gasteiger partial charge in [0.15, 0.2) is 0 Å². The summed E-state index contributed by atoms with van der Waals surface area (Å²) in [4.78, 5) is 2.50. The first-order valence-corrected chi connectivity index (χ1v) is 4.50. The molecule has 1 nitrogen and oxygen atoms in total. The molecule has 0 aliphatic rings. The molecule has 0 rings (SSSR count). The Balaban J connectivity index is 3.90. The van der Waals surface area contributed by atoms with Gasteiger partial charge in [0, 0.05) is 18.6 Å². The van der Waals surface area contributed by atoms with E-state index in [1.807, 2.05) is 0 Å². The van der Waals surface area contributed by atoms with E-state index < -0.39 is 0 Å². The van der Waals surface area contributed by atoms with E-state index in [9.17, 15) is 0 Å². The molecule has 0 aromatic rings. The molecule has 0 aliphatic heterocycles. The van der Waals surface area contributed by atoms with Crippen molar-refractivity contribution in [2.45, 2.75) is 53.6 Å². The molecule has 0 spiro atoms. The predicted molar refractivity (Wildman–Crippen MR) is 51.6 cm³/mol. The van der Waals surface area contributed by atoms with Gasteiger partial charge in [-0.25, -0.2) is 0 Å². The highest BCUT2D eigenvalue weighted by atomic mass is 15.2. The Morgan fingerprint density at radius 2 is 1.36 bits per heavy atom. The molecule has 0 saturated heterocycles. The predicted octanol–water partition coefficient (Wildman–Crippen LogP) is 2.72. The highest BCUT2D eigenvalue weighted by Crippen LogP contribution is 2.09. The van der Waals surface area contributed by atoms with Gasteiger partial charge in [-0.3, -0.25) is 4.90 Å². The summed E-state index contributed by atoms with van der Waals surface area (Å²) in [6, 6.07) is 1.31. The Morgan fingerprint density at radius 1 is 1.00 bits per heavy atom. The van der Waals surface area contributed by atoms with Gasteiger partial charge in [-0.2, -0.15) is 0 Å². The molecule has 1 radical (unpaired) electrons. The Labute approximate surface area is 71.8 Å². The van der Waals surface area contributed by atoms with Crippen molar-refractivity contribution >= 4 is 0 Å².